The van der Waals surface area contributed by atoms with Crippen LogP contribution in [0, 0.1) is 12.5 Å². The van der Waals surface area contributed by atoms with Crippen LogP contribution in [0.3, 0.4) is 0 Å². The van der Waals surface area contributed by atoms with E-state index in [4.69, 9.17) is 30.1 Å². The maximum absolute atomic E-state index is 6.30. The van der Waals surface area contributed by atoms with Crippen molar-refractivity contribution in [1.82, 2.24) is 0 Å². The minimum atomic E-state index is -0.493. The Morgan fingerprint density at radius 1 is 0.966 bits per heavy atom. The predicted molar refractivity (Wildman–Crippen MR) is 114 cm³/mol. The lowest BCUT2D eigenvalue weighted by atomic mass is 9.91. The third-order valence-corrected chi connectivity index (χ3v) is 4.74. The molecule has 1 aromatic carbocycles. The summed E-state index contributed by atoms with van der Waals surface area (Å²) >= 11 is 0. The van der Waals surface area contributed by atoms with Gasteiger partial charge in [-0.2, -0.15) is 0 Å². The van der Waals surface area contributed by atoms with Crippen LogP contribution in [0.25, 0.3) is 0 Å². The molecule has 1 aliphatic rings. The Balaban J connectivity index is 2.26. The van der Waals surface area contributed by atoms with Crippen LogP contribution in [0.4, 0.5) is 0 Å². The Hall–Kier alpha value is -2.52. The SMILES string of the molecule is C#CO[C@H]1[C@H](OCc2ccc(OC)cc2)[C@@H](OCC=C)[C@H](CC=C)O[C@@H]1CC=C. The van der Waals surface area contributed by atoms with E-state index in [2.05, 4.69) is 25.8 Å². The molecule has 5 heteroatoms. The summed E-state index contributed by atoms with van der Waals surface area (Å²) in [5.74, 6) is 0.789. The summed E-state index contributed by atoms with van der Waals surface area (Å²) in [6, 6.07) is 7.70. The van der Waals surface area contributed by atoms with Crippen LogP contribution in [0.5, 0.6) is 5.75 Å². The lowest BCUT2D eigenvalue weighted by Crippen LogP contribution is -2.59. The number of methoxy groups -OCH3 is 1. The highest BCUT2D eigenvalue weighted by atomic mass is 16.6. The molecule has 0 N–H and O–H groups in total. The summed E-state index contributed by atoms with van der Waals surface area (Å²) in [6.07, 6.45) is 12.4. The van der Waals surface area contributed by atoms with Gasteiger partial charge in [0, 0.05) is 0 Å². The molecular formula is C24H30O5. The van der Waals surface area contributed by atoms with Crippen molar-refractivity contribution >= 4 is 0 Å². The summed E-state index contributed by atoms with van der Waals surface area (Å²) in [6.45, 7) is 12.1. The van der Waals surface area contributed by atoms with Crippen LogP contribution >= 0.6 is 0 Å². The molecule has 2 rings (SSSR count). The van der Waals surface area contributed by atoms with Crippen molar-refractivity contribution in [3.8, 4) is 18.3 Å². The molecule has 0 aromatic heterocycles. The molecule has 1 fully saturated rings. The number of hydrogen-bond donors (Lipinski definition) is 0. The van der Waals surface area contributed by atoms with Gasteiger partial charge in [0.2, 0.25) is 0 Å². The lowest BCUT2D eigenvalue weighted by Gasteiger charge is -2.45. The lowest BCUT2D eigenvalue weighted by molar-refractivity contribution is -0.244. The minimum Gasteiger partial charge on any atom is -0.497 e. The van der Waals surface area contributed by atoms with E-state index in [0.717, 1.165) is 11.3 Å². The predicted octanol–water partition coefficient (Wildman–Crippen LogP) is 4.05. The molecule has 0 amide bonds. The Bertz CT molecular complexity index is 690. The van der Waals surface area contributed by atoms with Crippen LogP contribution in [0.15, 0.2) is 62.2 Å². The van der Waals surface area contributed by atoms with Gasteiger partial charge in [0.1, 0.15) is 30.2 Å². The zero-order valence-electron chi connectivity index (χ0n) is 17.0. The van der Waals surface area contributed by atoms with Crippen molar-refractivity contribution in [3.63, 3.8) is 0 Å². The molecule has 0 spiro atoms. The van der Waals surface area contributed by atoms with Crippen molar-refractivity contribution in [2.45, 2.75) is 50.0 Å². The highest BCUT2D eigenvalue weighted by molar-refractivity contribution is 5.26. The Labute approximate surface area is 173 Å². The molecule has 1 aromatic rings. The fourth-order valence-electron chi connectivity index (χ4n) is 3.40. The molecule has 29 heavy (non-hydrogen) atoms. The molecule has 0 unspecified atom stereocenters. The van der Waals surface area contributed by atoms with Crippen LogP contribution in [0.1, 0.15) is 18.4 Å². The summed E-state index contributed by atoms with van der Waals surface area (Å²) in [7, 11) is 1.64. The second-order valence-electron chi connectivity index (χ2n) is 6.67. The normalized spacial score (nSPS) is 26.1. The molecule has 1 saturated heterocycles. The van der Waals surface area contributed by atoms with Gasteiger partial charge in [0.25, 0.3) is 0 Å². The van der Waals surface area contributed by atoms with Gasteiger partial charge in [-0.1, -0.05) is 36.8 Å². The number of ether oxygens (including phenoxy) is 5. The number of terminal acetylenes is 1. The van der Waals surface area contributed by atoms with E-state index in [1.165, 1.54) is 0 Å². The second kappa shape index (κ2) is 12.1. The average Bonchev–Trinajstić information content (AvgIpc) is 2.74. The summed E-state index contributed by atoms with van der Waals surface area (Å²) in [5, 5.41) is 0. The smallest absolute Gasteiger partial charge is 0.165 e. The van der Waals surface area contributed by atoms with E-state index >= 15 is 0 Å². The molecule has 0 aliphatic carbocycles. The van der Waals surface area contributed by atoms with Gasteiger partial charge in [0.05, 0.1) is 26.4 Å². The Morgan fingerprint density at radius 3 is 2.17 bits per heavy atom. The van der Waals surface area contributed by atoms with Crippen LogP contribution in [0.2, 0.25) is 0 Å². The van der Waals surface area contributed by atoms with E-state index in [0.29, 0.717) is 26.1 Å². The van der Waals surface area contributed by atoms with Gasteiger partial charge in [-0.05, 0) is 30.5 Å². The standard InChI is InChI=1S/C24H30O5/c1-6-10-20-22(26-9-4)24(23(27-16-8-3)21(29-20)11-7-2)28-17-18-12-14-19(25-5)15-13-18/h4,6-8,12-15,20-24H,1-3,10-11,16-17H2,5H3/t20-,21+,22-,23+,24+/m1/s1. The Kier molecular flexibility index (Phi) is 9.52. The monoisotopic (exact) mass is 398 g/mol. The second-order valence-corrected chi connectivity index (χ2v) is 6.67. The van der Waals surface area contributed by atoms with E-state index in [1.54, 1.807) is 19.3 Å². The van der Waals surface area contributed by atoms with Gasteiger partial charge in [0.15, 0.2) is 6.10 Å². The minimum absolute atomic E-state index is 0.240. The van der Waals surface area contributed by atoms with Crippen molar-refractivity contribution in [1.29, 1.82) is 0 Å². The summed E-state index contributed by atoms with van der Waals surface area (Å²) in [5.41, 5.74) is 1.000. The first kappa shape index (κ1) is 22.8. The molecule has 0 bridgehead atoms. The highest BCUT2D eigenvalue weighted by Gasteiger charge is 2.47. The van der Waals surface area contributed by atoms with Gasteiger partial charge in [-0.3, -0.25) is 0 Å². The van der Waals surface area contributed by atoms with Crippen molar-refractivity contribution < 1.29 is 23.7 Å². The maximum atomic E-state index is 6.30. The fourth-order valence-corrected chi connectivity index (χ4v) is 3.40. The zero-order valence-corrected chi connectivity index (χ0v) is 17.0. The van der Waals surface area contributed by atoms with E-state index in [9.17, 15) is 0 Å². The molecule has 156 valence electrons. The van der Waals surface area contributed by atoms with E-state index < -0.39 is 12.2 Å². The molecular weight excluding hydrogens is 368 g/mol. The maximum Gasteiger partial charge on any atom is 0.165 e. The van der Waals surface area contributed by atoms with Crippen molar-refractivity contribution in [2.75, 3.05) is 13.7 Å². The van der Waals surface area contributed by atoms with Crippen molar-refractivity contribution in [2.24, 2.45) is 0 Å². The largest absolute Gasteiger partial charge is 0.497 e. The molecule has 1 heterocycles. The summed E-state index contributed by atoms with van der Waals surface area (Å²) < 4.78 is 29.4. The quantitative estimate of drug-likeness (QED) is 0.393. The third kappa shape index (κ3) is 6.23. The number of benzene rings is 1. The molecule has 5 nitrogen and oxygen atoms in total. The first-order valence-corrected chi connectivity index (χ1v) is 9.64. The summed E-state index contributed by atoms with van der Waals surface area (Å²) in [4.78, 5) is 0. The average molecular weight is 398 g/mol. The fraction of sp³-hybridized carbons (Fsp3) is 0.417. The van der Waals surface area contributed by atoms with Crippen LogP contribution in [-0.4, -0.2) is 44.2 Å². The topological polar surface area (TPSA) is 46.2 Å². The Morgan fingerprint density at radius 2 is 1.62 bits per heavy atom. The van der Waals surface area contributed by atoms with Gasteiger partial charge < -0.3 is 23.7 Å². The first-order valence-electron chi connectivity index (χ1n) is 9.64. The zero-order chi connectivity index (χ0) is 21.1. The van der Waals surface area contributed by atoms with E-state index in [-0.39, 0.29) is 18.3 Å². The van der Waals surface area contributed by atoms with Crippen LogP contribution < -0.4 is 4.74 Å². The van der Waals surface area contributed by atoms with Gasteiger partial charge in [-0.25, -0.2) is 0 Å². The van der Waals surface area contributed by atoms with Gasteiger partial charge >= 0.3 is 0 Å². The molecule has 1 aliphatic heterocycles. The van der Waals surface area contributed by atoms with Gasteiger partial charge in [-0.15, -0.1) is 19.7 Å². The molecule has 0 radical (unpaired) electrons. The third-order valence-electron chi connectivity index (χ3n) is 4.74. The first-order chi connectivity index (χ1) is 14.2. The highest BCUT2D eigenvalue weighted by Crippen LogP contribution is 2.32. The van der Waals surface area contributed by atoms with Crippen LogP contribution in [-0.2, 0) is 25.6 Å². The molecule has 5 atom stereocenters. The van der Waals surface area contributed by atoms with E-state index in [1.807, 2.05) is 30.3 Å². The van der Waals surface area contributed by atoms with Crippen molar-refractivity contribution in [3.05, 3.63) is 67.8 Å². The number of rotatable bonds is 12. The molecule has 0 saturated carbocycles. The number of hydrogen-bond acceptors (Lipinski definition) is 5.